The molecule has 0 aromatic rings. The molecule has 0 aromatic carbocycles. The van der Waals surface area contributed by atoms with Crippen LogP contribution in [0.25, 0.3) is 0 Å². The number of methoxy groups -OCH3 is 1. The van der Waals surface area contributed by atoms with Crippen LogP contribution in [0, 0.1) is 0 Å². The van der Waals surface area contributed by atoms with Gasteiger partial charge in [-0.05, 0) is 41.5 Å². The third-order valence-electron chi connectivity index (χ3n) is 6.23. The molecule has 2 heterocycles. The predicted octanol–water partition coefficient (Wildman–Crippen LogP) is -0.212. The van der Waals surface area contributed by atoms with Crippen molar-refractivity contribution < 1.29 is 63.5 Å². The van der Waals surface area contributed by atoms with E-state index in [1.807, 2.05) is 0 Å². The molecule has 258 valence electrons. The summed E-state index contributed by atoms with van der Waals surface area (Å²) in [6.45, 7) is 11.1. The Morgan fingerprint density at radius 1 is 0.682 bits per heavy atom. The zero-order valence-corrected chi connectivity index (χ0v) is 28.0. The molecule has 7 N–H and O–H groups in total. The van der Waals surface area contributed by atoms with E-state index in [1.165, 1.54) is 30.6 Å². The highest BCUT2D eigenvalue weighted by Gasteiger charge is 2.50. The minimum atomic E-state index is -1.67. The molecule has 0 bridgehead atoms. The van der Waals surface area contributed by atoms with E-state index in [-0.39, 0.29) is 24.6 Å². The molecule has 0 aromatic heterocycles. The maximum atomic E-state index is 11.9. The van der Waals surface area contributed by atoms with Crippen molar-refractivity contribution in [3.05, 3.63) is 0 Å². The van der Waals surface area contributed by atoms with E-state index >= 15 is 0 Å². The molecule has 0 aliphatic carbocycles. The second kappa shape index (κ2) is 17.7. The zero-order valence-electron chi connectivity index (χ0n) is 26.3. The normalized spacial score (nSPS) is 33.0. The summed E-state index contributed by atoms with van der Waals surface area (Å²) in [5.74, 6) is 1.32. The van der Waals surface area contributed by atoms with Crippen molar-refractivity contribution in [3.63, 3.8) is 0 Å². The molecular formula is C27H50N2O13S2. The third-order valence-corrected chi connectivity index (χ3v) is 8.34. The van der Waals surface area contributed by atoms with Gasteiger partial charge in [-0.25, -0.2) is 9.59 Å². The zero-order chi connectivity index (χ0) is 33.2. The van der Waals surface area contributed by atoms with Crippen LogP contribution in [0.2, 0.25) is 0 Å². The molecule has 2 amide bonds. The van der Waals surface area contributed by atoms with E-state index in [0.717, 1.165) is 0 Å². The molecule has 2 saturated heterocycles. The number of rotatable bonds is 13. The van der Waals surface area contributed by atoms with Crippen LogP contribution in [0.4, 0.5) is 9.59 Å². The lowest BCUT2D eigenvalue weighted by Gasteiger charge is -2.46. The average molecular weight is 675 g/mol. The Hall–Kier alpha value is -1.12. The quantitative estimate of drug-likeness (QED) is 0.126. The topological polar surface area (TPSA) is 215 Å². The Bertz CT molecular complexity index is 891. The number of hydrogen-bond acceptors (Lipinski definition) is 15. The molecule has 44 heavy (non-hydrogen) atoms. The average Bonchev–Trinajstić information content (AvgIpc) is 2.90. The largest absolute Gasteiger partial charge is 0.444 e. The minimum Gasteiger partial charge on any atom is -0.444 e. The summed E-state index contributed by atoms with van der Waals surface area (Å²) in [4.78, 5) is 23.7. The number of amides is 2. The summed E-state index contributed by atoms with van der Waals surface area (Å²) in [5, 5.41) is 58.4. The van der Waals surface area contributed by atoms with Gasteiger partial charge >= 0.3 is 12.2 Å². The van der Waals surface area contributed by atoms with Crippen LogP contribution in [-0.2, 0) is 28.4 Å². The molecule has 0 radical (unpaired) electrons. The second-order valence-corrected chi connectivity index (χ2v) is 14.7. The van der Waals surface area contributed by atoms with E-state index in [1.54, 1.807) is 41.5 Å². The maximum absolute atomic E-state index is 11.9. The first-order chi connectivity index (χ1) is 20.4. The van der Waals surface area contributed by atoms with Crippen molar-refractivity contribution in [2.45, 2.75) is 114 Å². The summed E-state index contributed by atoms with van der Waals surface area (Å²) >= 11 is 2.69. The highest BCUT2D eigenvalue weighted by atomic mass is 32.2. The number of aliphatic hydroxyl groups excluding tert-OH is 5. The Balaban J connectivity index is 1.95. The van der Waals surface area contributed by atoms with Gasteiger partial charge in [0.05, 0.1) is 12.2 Å². The van der Waals surface area contributed by atoms with Crippen molar-refractivity contribution >= 4 is 35.7 Å². The van der Waals surface area contributed by atoms with Gasteiger partial charge in [0.2, 0.25) is 0 Å². The van der Waals surface area contributed by atoms with Crippen molar-refractivity contribution in [1.29, 1.82) is 0 Å². The monoisotopic (exact) mass is 674 g/mol. The first-order valence-corrected chi connectivity index (χ1v) is 16.7. The van der Waals surface area contributed by atoms with Gasteiger partial charge in [0.1, 0.15) is 47.8 Å². The lowest BCUT2D eigenvalue weighted by molar-refractivity contribution is -0.349. The number of carbonyl (C=O) groups excluding carboxylic acids is 2. The van der Waals surface area contributed by atoms with Gasteiger partial charge < -0.3 is 64.6 Å². The second-order valence-electron chi connectivity index (χ2n) is 12.4. The van der Waals surface area contributed by atoms with Crippen LogP contribution in [0.5, 0.6) is 0 Å². The summed E-state index contributed by atoms with van der Waals surface area (Å²) < 4.78 is 33.1. The molecule has 2 rings (SSSR count). The van der Waals surface area contributed by atoms with Gasteiger partial charge in [0.15, 0.2) is 12.6 Å². The Morgan fingerprint density at radius 2 is 1.14 bits per heavy atom. The summed E-state index contributed by atoms with van der Waals surface area (Å²) in [6, 6.07) is 0. The molecule has 0 saturated carbocycles. The van der Waals surface area contributed by atoms with Gasteiger partial charge in [-0.15, -0.1) is 0 Å². The predicted molar refractivity (Wildman–Crippen MR) is 162 cm³/mol. The molecular weight excluding hydrogens is 624 g/mol. The number of hydrogen-bond donors (Lipinski definition) is 7. The fourth-order valence-electron chi connectivity index (χ4n) is 4.20. The fraction of sp³-hybridized carbons (Fsp3) is 0.926. The lowest BCUT2D eigenvalue weighted by Crippen LogP contribution is -2.64. The maximum Gasteiger partial charge on any atom is 0.407 e. The lowest BCUT2D eigenvalue weighted by atomic mass is 9.97. The van der Waals surface area contributed by atoms with E-state index < -0.39 is 84.8 Å². The van der Waals surface area contributed by atoms with Gasteiger partial charge in [-0.2, -0.15) is 23.5 Å². The standard InChI is InChI=1S/C27H50N2O13S2/c1-26(2,3)41-24(35)28-8-10-43-12-14-16(30)17(31)19(33)23(38-14)40-21-15(39-22(37-7)20(34)18(21)32)13-44-11-9-29-25(36)42-27(4,5)6/h14-23,30-34H,8-13H2,1-7H3,(H,28,35)(H,29,36)/t14?,15?,16-,17?,18?,19?,20?,21-,22-,23-/m1/s1. The molecule has 0 spiro atoms. The van der Waals surface area contributed by atoms with Gasteiger partial charge in [-0.3, -0.25) is 0 Å². The summed E-state index contributed by atoms with van der Waals surface area (Å²) in [5.41, 5.74) is -1.26. The third kappa shape index (κ3) is 12.9. The van der Waals surface area contributed by atoms with Crippen LogP contribution in [0.15, 0.2) is 0 Å². The first-order valence-electron chi connectivity index (χ1n) is 14.4. The van der Waals surface area contributed by atoms with Crippen molar-refractivity contribution in [1.82, 2.24) is 10.6 Å². The molecule has 2 aliphatic rings. The van der Waals surface area contributed by atoms with Crippen LogP contribution in [0.1, 0.15) is 41.5 Å². The minimum absolute atomic E-state index is 0.183. The molecule has 15 nitrogen and oxygen atoms in total. The van der Waals surface area contributed by atoms with Gasteiger partial charge in [0, 0.05) is 43.2 Å². The smallest absolute Gasteiger partial charge is 0.407 e. The van der Waals surface area contributed by atoms with Crippen LogP contribution in [-0.4, -0.2) is 154 Å². The Labute approximate surface area is 267 Å². The molecule has 2 aliphatic heterocycles. The highest BCUT2D eigenvalue weighted by Crippen LogP contribution is 2.31. The highest BCUT2D eigenvalue weighted by molar-refractivity contribution is 7.99. The number of ether oxygens (including phenoxy) is 6. The van der Waals surface area contributed by atoms with Crippen molar-refractivity contribution in [3.8, 4) is 0 Å². The van der Waals surface area contributed by atoms with E-state index in [0.29, 0.717) is 11.5 Å². The first kappa shape index (κ1) is 39.1. The fourth-order valence-corrected chi connectivity index (χ4v) is 6.04. The number of thioether (sulfide) groups is 2. The number of carbonyl (C=O) groups is 2. The summed E-state index contributed by atoms with van der Waals surface area (Å²) in [7, 11) is 1.31. The SMILES string of the molecule is CO[C@@H]1OC(CSCCNC(=O)OC(C)(C)C)[C@@H](O[C@H]2OC(CSCCNC(=O)OC(C)(C)C)[C@@H](O)C(O)C2O)C(O)C1O. The number of aliphatic hydroxyl groups is 5. The van der Waals surface area contributed by atoms with Crippen LogP contribution >= 0.6 is 23.5 Å². The Morgan fingerprint density at radius 3 is 1.61 bits per heavy atom. The molecule has 17 heteroatoms. The van der Waals surface area contributed by atoms with Crippen molar-refractivity contribution in [2.24, 2.45) is 0 Å². The van der Waals surface area contributed by atoms with E-state index in [4.69, 9.17) is 28.4 Å². The molecule has 2 fully saturated rings. The Kier molecular flexibility index (Phi) is 15.7. The van der Waals surface area contributed by atoms with Gasteiger partial charge in [-0.1, -0.05) is 0 Å². The van der Waals surface area contributed by atoms with Crippen molar-refractivity contribution in [2.75, 3.05) is 43.2 Å². The summed E-state index contributed by atoms with van der Waals surface area (Å²) in [6.07, 6.45) is -14.5. The number of alkyl carbamates (subject to hydrolysis) is 2. The van der Waals surface area contributed by atoms with Crippen LogP contribution in [0.3, 0.4) is 0 Å². The molecule has 6 unspecified atom stereocenters. The number of nitrogens with one attached hydrogen (secondary N) is 2. The van der Waals surface area contributed by atoms with E-state index in [9.17, 15) is 35.1 Å². The van der Waals surface area contributed by atoms with E-state index in [2.05, 4.69) is 10.6 Å². The molecule has 10 atom stereocenters. The van der Waals surface area contributed by atoms with Gasteiger partial charge in [0.25, 0.3) is 0 Å². The van der Waals surface area contributed by atoms with Crippen LogP contribution < -0.4 is 10.6 Å².